The van der Waals surface area contributed by atoms with Crippen LogP contribution >= 0.6 is 0 Å². The van der Waals surface area contributed by atoms with E-state index in [1.54, 1.807) is 6.20 Å². The average Bonchev–Trinajstić information content (AvgIpc) is 3.79. The fourth-order valence-electron chi connectivity index (χ4n) is 8.08. The Kier molecular flexibility index (Phi) is 7.38. The maximum absolute atomic E-state index is 4.95. The molecule has 6 nitrogen and oxygen atoms in total. The quantitative estimate of drug-likeness (QED) is 0.172. The second kappa shape index (κ2) is 13.0. The van der Waals surface area contributed by atoms with Crippen molar-refractivity contribution in [1.29, 1.82) is 0 Å². The Balaban J connectivity index is 1.03. The average molecular weight is 717 g/mol. The van der Waals surface area contributed by atoms with Crippen LogP contribution in [-0.4, -0.2) is 29.1 Å². The fourth-order valence-corrected chi connectivity index (χ4v) is 8.08. The van der Waals surface area contributed by atoms with Crippen LogP contribution in [0.15, 0.2) is 194 Å². The topological polar surface area (TPSA) is 61.4 Å². The lowest BCUT2D eigenvalue weighted by Crippen LogP contribution is -2.03. The van der Waals surface area contributed by atoms with Crippen molar-refractivity contribution in [3.05, 3.63) is 194 Å². The molecular formula is C50H32N6. The summed E-state index contributed by atoms with van der Waals surface area (Å²) < 4.78 is 4.79. The van der Waals surface area contributed by atoms with E-state index in [0.29, 0.717) is 11.5 Å². The van der Waals surface area contributed by atoms with E-state index in [2.05, 4.69) is 149 Å². The zero-order valence-electron chi connectivity index (χ0n) is 30.2. The van der Waals surface area contributed by atoms with Gasteiger partial charge in [0.25, 0.3) is 0 Å². The molecule has 0 aliphatic carbocycles. The second-order valence-electron chi connectivity index (χ2n) is 13.9. The van der Waals surface area contributed by atoms with Gasteiger partial charge in [0.05, 0.1) is 62.9 Å². The van der Waals surface area contributed by atoms with E-state index in [1.165, 1.54) is 27.2 Å². The van der Waals surface area contributed by atoms with Crippen molar-refractivity contribution in [2.75, 3.05) is 0 Å². The molecule has 56 heavy (non-hydrogen) atoms. The Morgan fingerprint density at radius 3 is 1.25 bits per heavy atom. The van der Waals surface area contributed by atoms with Crippen LogP contribution in [0.4, 0.5) is 0 Å². The molecule has 0 radical (unpaired) electrons. The summed E-state index contributed by atoms with van der Waals surface area (Å²) in [5.41, 5.74) is 12.9. The Labute approximate surface area is 322 Å². The lowest BCUT2D eigenvalue weighted by Gasteiger charge is -2.16. The van der Waals surface area contributed by atoms with Crippen LogP contribution in [0.5, 0.6) is 0 Å². The zero-order valence-corrected chi connectivity index (χ0v) is 30.2. The molecule has 0 amide bonds. The molecule has 6 heteroatoms. The summed E-state index contributed by atoms with van der Waals surface area (Å²) in [4.78, 5) is 19.7. The Bertz CT molecular complexity index is 3130. The van der Waals surface area contributed by atoms with E-state index in [0.717, 1.165) is 61.6 Å². The normalized spacial score (nSPS) is 11.6. The van der Waals surface area contributed by atoms with Crippen LogP contribution in [0.3, 0.4) is 0 Å². The van der Waals surface area contributed by atoms with E-state index in [1.807, 2.05) is 48.7 Å². The maximum Gasteiger partial charge on any atom is 0.180 e. The summed E-state index contributed by atoms with van der Waals surface area (Å²) >= 11 is 0. The molecule has 4 aromatic heterocycles. The number of para-hydroxylation sites is 5. The molecule has 0 fully saturated rings. The molecule has 0 aliphatic rings. The SMILES string of the molecule is c1ccc(-c2cc(-c3ccccc3)nc(-c3cnc(-c4ccc5c(c4)c4ccccc4n5-c4ccccc4-n4c5ccccc5c5ccccc54)cn3)n2)cc1. The minimum Gasteiger partial charge on any atom is -0.307 e. The highest BCUT2D eigenvalue weighted by atomic mass is 15.1. The lowest BCUT2D eigenvalue weighted by atomic mass is 10.1. The van der Waals surface area contributed by atoms with Gasteiger partial charge in [-0.25, -0.2) is 15.0 Å². The largest absolute Gasteiger partial charge is 0.307 e. The van der Waals surface area contributed by atoms with Crippen molar-refractivity contribution in [2.24, 2.45) is 0 Å². The van der Waals surface area contributed by atoms with Gasteiger partial charge in [-0.3, -0.25) is 4.98 Å². The Hall–Kier alpha value is -7.70. The smallest absolute Gasteiger partial charge is 0.180 e. The van der Waals surface area contributed by atoms with Crippen molar-refractivity contribution in [3.8, 4) is 56.7 Å². The first-order valence-corrected chi connectivity index (χ1v) is 18.7. The number of fused-ring (bicyclic) bond motifs is 6. The number of hydrogen-bond donors (Lipinski definition) is 0. The molecule has 0 unspecified atom stereocenters. The maximum atomic E-state index is 4.95. The van der Waals surface area contributed by atoms with E-state index in [4.69, 9.17) is 19.9 Å². The predicted molar refractivity (Wildman–Crippen MR) is 228 cm³/mol. The third-order valence-electron chi connectivity index (χ3n) is 10.7. The van der Waals surface area contributed by atoms with E-state index in [9.17, 15) is 0 Å². The van der Waals surface area contributed by atoms with Gasteiger partial charge in [-0.05, 0) is 48.5 Å². The molecule has 0 atom stereocenters. The van der Waals surface area contributed by atoms with Gasteiger partial charge in [0, 0.05) is 38.2 Å². The number of aromatic nitrogens is 6. The molecular weight excluding hydrogens is 685 g/mol. The minimum absolute atomic E-state index is 0.532. The fraction of sp³-hybridized carbons (Fsp3) is 0. The molecule has 0 N–H and O–H groups in total. The Morgan fingerprint density at radius 1 is 0.304 bits per heavy atom. The van der Waals surface area contributed by atoms with Crippen LogP contribution in [0.2, 0.25) is 0 Å². The van der Waals surface area contributed by atoms with Crippen molar-refractivity contribution in [3.63, 3.8) is 0 Å². The highest BCUT2D eigenvalue weighted by molar-refractivity contribution is 6.12. The van der Waals surface area contributed by atoms with Gasteiger partial charge < -0.3 is 9.13 Å². The molecule has 7 aromatic carbocycles. The first-order valence-electron chi connectivity index (χ1n) is 18.7. The number of nitrogens with zero attached hydrogens (tertiary/aromatic N) is 6. The molecule has 4 heterocycles. The first kappa shape index (κ1) is 31.8. The van der Waals surface area contributed by atoms with Gasteiger partial charge in [-0.2, -0.15) is 0 Å². The van der Waals surface area contributed by atoms with Crippen LogP contribution in [0.1, 0.15) is 0 Å². The summed E-state index contributed by atoms with van der Waals surface area (Å²) in [6.07, 6.45) is 3.61. The molecule has 262 valence electrons. The highest BCUT2D eigenvalue weighted by Crippen LogP contribution is 2.39. The molecule has 0 spiro atoms. The monoisotopic (exact) mass is 716 g/mol. The van der Waals surface area contributed by atoms with Crippen molar-refractivity contribution in [1.82, 2.24) is 29.1 Å². The number of benzene rings is 7. The van der Waals surface area contributed by atoms with Crippen molar-refractivity contribution in [2.45, 2.75) is 0 Å². The third kappa shape index (κ3) is 5.19. The summed E-state index contributed by atoms with van der Waals surface area (Å²) in [5.74, 6) is 0.532. The summed E-state index contributed by atoms with van der Waals surface area (Å²) in [5, 5.41) is 4.80. The summed E-state index contributed by atoms with van der Waals surface area (Å²) in [7, 11) is 0. The van der Waals surface area contributed by atoms with Crippen LogP contribution in [0, 0.1) is 0 Å². The third-order valence-corrected chi connectivity index (χ3v) is 10.7. The van der Waals surface area contributed by atoms with E-state index < -0.39 is 0 Å². The van der Waals surface area contributed by atoms with Crippen LogP contribution < -0.4 is 0 Å². The lowest BCUT2D eigenvalue weighted by molar-refractivity contribution is 1.09. The highest BCUT2D eigenvalue weighted by Gasteiger charge is 2.20. The molecule has 0 aliphatic heterocycles. The van der Waals surface area contributed by atoms with Crippen molar-refractivity contribution >= 4 is 43.6 Å². The molecule has 11 aromatic rings. The molecule has 0 saturated heterocycles. The van der Waals surface area contributed by atoms with Crippen molar-refractivity contribution < 1.29 is 0 Å². The van der Waals surface area contributed by atoms with Gasteiger partial charge >= 0.3 is 0 Å². The van der Waals surface area contributed by atoms with Crippen LogP contribution in [-0.2, 0) is 0 Å². The zero-order chi connectivity index (χ0) is 37.0. The summed E-state index contributed by atoms with van der Waals surface area (Å²) in [6, 6.07) is 63.6. The number of hydrogen-bond acceptors (Lipinski definition) is 4. The molecule has 0 saturated carbocycles. The Morgan fingerprint density at radius 2 is 0.732 bits per heavy atom. The van der Waals surface area contributed by atoms with Gasteiger partial charge in [-0.15, -0.1) is 0 Å². The van der Waals surface area contributed by atoms with Gasteiger partial charge in [-0.1, -0.05) is 133 Å². The van der Waals surface area contributed by atoms with Gasteiger partial charge in [0.15, 0.2) is 5.82 Å². The number of rotatable bonds is 6. The molecule has 11 rings (SSSR count). The van der Waals surface area contributed by atoms with Gasteiger partial charge in [0.1, 0.15) is 5.69 Å². The van der Waals surface area contributed by atoms with Crippen LogP contribution in [0.25, 0.3) is 100 Å². The second-order valence-corrected chi connectivity index (χ2v) is 13.9. The molecule has 0 bridgehead atoms. The standard InChI is InChI=1S/C50H32N6/c1-3-15-33(16-4-1)40-30-41(34-17-5-2-6-18-34)54-50(53-40)43-32-51-42(31-52-43)35-27-28-47-39(29-35)38-21-9-12-24-46(38)56(47)49-26-14-13-25-48(49)55-44-22-10-7-19-36(44)37-20-8-11-23-45(37)55/h1-32H. The van der Waals surface area contributed by atoms with E-state index in [-0.39, 0.29) is 0 Å². The predicted octanol–water partition coefficient (Wildman–Crippen LogP) is 12.1. The van der Waals surface area contributed by atoms with Gasteiger partial charge in [0.2, 0.25) is 0 Å². The minimum atomic E-state index is 0.532. The first-order chi connectivity index (χ1) is 27.8. The van der Waals surface area contributed by atoms with E-state index >= 15 is 0 Å². The summed E-state index contributed by atoms with van der Waals surface area (Å²) in [6.45, 7) is 0.